The van der Waals surface area contributed by atoms with Crippen molar-refractivity contribution < 1.29 is 77.6 Å². The van der Waals surface area contributed by atoms with Gasteiger partial charge in [0.05, 0.1) is 19.3 Å². The smallest absolute Gasteiger partial charge is 0.306 e. The Morgan fingerprint density at radius 1 is 0.420 bits per heavy atom. The molecule has 69 heavy (non-hydrogen) atoms. The van der Waals surface area contributed by atoms with Crippen LogP contribution in [0.4, 0.5) is 0 Å². The first-order chi connectivity index (χ1) is 33.5. The van der Waals surface area contributed by atoms with Crippen molar-refractivity contribution in [1.29, 1.82) is 0 Å². The Kier molecular flexibility index (Phi) is 35.8. The van der Waals surface area contributed by atoms with Gasteiger partial charge in [0.15, 0.2) is 30.7 Å². The molecule has 0 aromatic heterocycles. The number of aliphatic hydroxyl groups excluding tert-OH is 3. The first-order valence-electron chi connectivity index (χ1n) is 27.3. The number of unbranched alkanes of at least 4 members (excludes halogenated alkanes) is 24. The van der Waals surface area contributed by atoms with Crippen LogP contribution in [-0.2, 0) is 57.1 Å². The first-order valence-corrected chi connectivity index (χ1v) is 27.3. The highest BCUT2D eigenvalue weighted by atomic mass is 16.8. The summed E-state index contributed by atoms with van der Waals surface area (Å²) < 4.78 is 42.2. The van der Waals surface area contributed by atoms with Gasteiger partial charge in [-0.25, -0.2) is 0 Å². The number of rotatable bonds is 42. The van der Waals surface area contributed by atoms with Gasteiger partial charge < -0.3 is 53.6 Å². The lowest BCUT2D eigenvalue weighted by atomic mass is 9.97. The van der Waals surface area contributed by atoms with E-state index in [1.54, 1.807) is 0 Å². The van der Waals surface area contributed by atoms with Gasteiger partial charge in [0.2, 0.25) is 6.29 Å². The standard InChI is InChI=1S/C53H94O16/c1-4-7-10-13-16-19-22-25-28-33-45(59)63-41-37-40(56)42(38-54)64-52(41)69-53-51(68-48(62)36-31-32-44(57)58)50(67-47(61)35-30-27-24-21-18-15-12-9-6-3)49(43(39-55)65-53)66-46(60)34-29-26-23-20-17-14-11-8-5-2/h40-43,49-56H,4-39H2,1-3H3,(H,57,58)/t40-,41+,42+,43+,49+,50-,51+,52+,53+/m0/s1. The lowest BCUT2D eigenvalue weighted by Gasteiger charge is -2.46. The number of hydrogen-bond acceptors (Lipinski definition) is 15. The number of aliphatic carboxylic acids is 1. The number of aliphatic hydroxyl groups is 3. The van der Waals surface area contributed by atoms with Gasteiger partial charge in [-0.1, -0.05) is 175 Å². The minimum atomic E-state index is -1.71. The topological polar surface area (TPSA) is 231 Å². The molecule has 16 nitrogen and oxygen atoms in total. The number of ether oxygens (including phenoxy) is 7. The van der Waals surface area contributed by atoms with Crippen LogP contribution in [0, 0.1) is 0 Å². The summed E-state index contributed by atoms with van der Waals surface area (Å²) in [6, 6.07) is 0. The molecule has 2 aliphatic heterocycles. The second kappa shape index (κ2) is 39.7. The van der Waals surface area contributed by atoms with Crippen molar-refractivity contribution in [2.24, 2.45) is 0 Å². The molecule has 2 heterocycles. The summed E-state index contributed by atoms with van der Waals surface area (Å²) in [5.74, 6) is -3.88. The summed E-state index contributed by atoms with van der Waals surface area (Å²) in [4.78, 5) is 65.2. The number of carbonyl (C=O) groups excluding carboxylic acids is 4. The van der Waals surface area contributed by atoms with E-state index < -0.39 is 98.4 Å². The highest BCUT2D eigenvalue weighted by Gasteiger charge is 2.54. The fourth-order valence-corrected chi connectivity index (χ4v) is 8.89. The Hall–Kier alpha value is -2.89. The van der Waals surface area contributed by atoms with Gasteiger partial charge in [0.1, 0.15) is 12.2 Å². The van der Waals surface area contributed by atoms with Crippen molar-refractivity contribution in [1.82, 2.24) is 0 Å². The predicted octanol–water partition coefficient (Wildman–Crippen LogP) is 9.85. The maximum atomic E-state index is 13.7. The third kappa shape index (κ3) is 28.1. The van der Waals surface area contributed by atoms with Crippen molar-refractivity contribution in [2.75, 3.05) is 13.2 Å². The first kappa shape index (κ1) is 62.2. The van der Waals surface area contributed by atoms with Crippen molar-refractivity contribution in [3.63, 3.8) is 0 Å². The maximum absolute atomic E-state index is 13.7. The second-order valence-electron chi connectivity index (χ2n) is 19.3. The summed E-state index contributed by atoms with van der Waals surface area (Å²) in [7, 11) is 0. The SMILES string of the molecule is CCCCCCCCCCCC(=O)O[C@@H]1[C@@H](OC(=O)CCCC(=O)O)[C@@H](O[C@H]2O[C@H](CO)[C@@H](O)C[C@H]2OC(=O)CCCCCCCCCCC)O[C@H](CO)[C@H]1OC(=O)CCCCCCCCCCC. The van der Waals surface area contributed by atoms with Crippen LogP contribution in [0.2, 0.25) is 0 Å². The molecule has 0 aliphatic carbocycles. The number of carboxylic acid groups (broad SMARTS) is 1. The van der Waals surface area contributed by atoms with Gasteiger partial charge in [-0.15, -0.1) is 0 Å². The van der Waals surface area contributed by atoms with E-state index in [0.717, 1.165) is 77.0 Å². The van der Waals surface area contributed by atoms with E-state index >= 15 is 0 Å². The molecule has 16 heteroatoms. The lowest BCUT2D eigenvalue weighted by molar-refractivity contribution is -0.367. The van der Waals surface area contributed by atoms with Crippen LogP contribution < -0.4 is 0 Å². The Morgan fingerprint density at radius 2 is 0.768 bits per heavy atom. The van der Waals surface area contributed by atoms with Gasteiger partial charge in [0.25, 0.3) is 0 Å². The van der Waals surface area contributed by atoms with Crippen LogP contribution in [0.15, 0.2) is 0 Å². The summed E-state index contributed by atoms with van der Waals surface area (Å²) in [5, 5.41) is 41.0. The maximum Gasteiger partial charge on any atom is 0.306 e. The van der Waals surface area contributed by atoms with E-state index in [9.17, 15) is 44.4 Å². The third-order valence-corrected chi connectivity index (χ3v) is 13.0. The molecule has 0 unspecified atom stereocenters. The Morgan fingerprint density at radius 3 is 1.17 bits per heavy atom. The molecule has 0 radical (unpaired) electrons. The van der Waals surface area contributed by atoms with E-state index in [2.05, 4.69) is 20.8 Å². The molecule has 0 amide bonds. The zero-order chi connectivity index (χ0) is 50.5. The van der Waals surface area contributed by atoms with E-state index in [1.165, 1.54) is 77.0 Å². The van der Waals surface area contributed by atoms with Crippen molar-refractivity contribution in [2.45, 2.75) is 294 Å². The number of esters is 4. The predicted molar refractivity (Wildman–Crippen MR) is 260 cm³/mol. The molecule has 2 rings (SSSR count). The van der Waals surface area contributed by atoms with Crippen LogP contribution in [0.3, 0.4) is 0 Å². The minimum absolute atomic E-state index is 0.000312. The lowest BCUT2D eigenvalue weighted by Crippen LogP contribution is -2.64. The zero-order valence-electron chi connectivity index (χ0n) is 42.8. The Bertz CT molecular complexity index is 1360. The number of carbonyl (C=O) groups is 5. The molecule has 0 aromatic rings. The van der Waals surface area contributed by atoms with E-state index in [4.69, 9.17) is 33.2 Å². The Labute approximate surface area is 413 Å². The summed E-state index contributed by atoms with van der Waals surface area (Å²) in [6.45, 7) is 5.17. The van der Waals surface area contributed by atoms with Crippen LogP contribution in [0.1, 0.15) is 239 Å². The van der Waals surface area contributed by atoms with Crippen molar-refractivity contribution in [3.05, 3.63) is 0 Å². The van der Waals surface area contributed by atoms with Gasteiger partial charge in [-0.2, -0.15) is 0 Å². The molecular weight excluding hydrogens is 893 g/mol. The van der Waals surface area contributed by atoms with Crippen molar-refractivity contribution in [3.8, 4) is 0 Å². The van der Waals surface area contributed by atoms with Gasteiger partial charge in [0, 0.05) is 38.5 Å². The third-order valence-electron chi connectivity index (χ3n) is 13.0. The molecular formula is C53H94O16. The minimum Gasteiger partial charge on any atom is -0.481 e. The fourth-order valence-electron chi connectivity index (χ4n) is 8.89. The van der Waals surface area contributed by atoms with Crippen LogP contribution in [0.5, 0.6) is 0 Å². The van der Waals surface area contributed by atoms with Crippen LogP contribution >= 0.6 is 0 Å². The molecule has 0 spiro atoms. The van der Waals surface area contributed by atoms with E-state index in [0.29, 0.717) is 19.3 Å². The molecule has 2 aliphatic rings. The highest BCUT2D eigenvalue weighted by molar-refractivity contribution is 5.73. The fraction of sp³-hybridized carbons (Fsp3) is 0.906. The normalized spacial score (nSPS) is 23.6. The van der Waals surface area contributed by atoms with Crippen LogP contribution in [0.25, 0.3) is 0 Å². The average Bonchev–Trinajstić information content (AvgIpc) is 3.32. The molecule has 2 saturated heterocycles. The second-order valence-corrected chi connectivity index (χ2v) is 19.3. The molecule has 9 atom stereocenters. The number of hydrogen-bond donors (Lipinski definition) is 4. The molecule has 2 fully saturated rings. The molecule has 4 N–H and O–H groups in total. The zero-order valence-corrected chi connectivity index (χ0v) is 42.8. The molecule has 0 aromatic carbocycles. The number of carboxylic acids is 1. The Balaban J connectivity index is 2.34. The summed E-state index contributed by atoms with van der Waals surface area (Å²) in [6.07, 6.45) is 14.1. The summed E-state index contributed by atoms with van der Waals surface area (Å²) in [5.41, 5.74) is 0. The molecule has 402 valence electrons. The quantitative estimate of drug-likeness (QED) is 0.0253. The highest BCUT2D eigenvalue weighted by Crippen LogP contribution is 2.34. The van der Waals surface area contributed by atoms with Crippen molar-refractivity contribution >= 4 is 29.8 Å². The largest absolute Gasteiger partial charge is 0.481 e. The molecule has 0 bridgehead atoms. The van der Waals surface area contributed by atoms with Gasteiger partial charge >= 0.3 is 29.8 Å². The summed E-state index contributed by atoms with van der Waals surface area (Å²) >= 11 is 0. The van der Waals surface area contributed by atoms with Crippen LogP contribution in [-0.4, -0.2) is 119 Å². The average molecular weight is 987 g/mol. The van der Waals surface area contributed by atoms with E-state index in [-0.39, 0.29) is 44.9 Å². The monoisotopic (exact) mass is 987 g/mol. The van der Waals surface area contributed by atoms with E-state index in [1.807, 2.05) is 0 Å². The van der Waals surface area contributed by atoms with Gasteiger partial charge in [-0.05, 0) is 25.7 Å². The molecule has 0 saturated carbocycles. The van der Waals surface area contributed by atoms with Gasteiger partial charge in [-0.3, -0.25) is 24.0 Å².